The van der Waals surface area contributed by atoms with Crippen molar-refractivity contribution >= 4 is 40.0 Å². The number of nitrogens with one attached hydrogen (secondary N) is 2. The largest absolute Gasteiger partial charge is 0.494 e. The fraction of sp³-hybridized carbons (Fsp3) is 0.355. The molecule has 2 aromatic heterocycles. The number of aromatic amines is 1. The van der Waals surface area contributed by atoms with Crippen molar-refractivity contribution < 1.29 is 19.1 Å². The van der Waals surface area contributed by atoms with Gasteiger partial charge in [-0.2, -0.15) is 0 Å². The van der Waals surface area contributed by atoms with Gasteiger partial charge in [0.15, 0.2) is 0 Å². The van der Waals surface area contributed by atoms with Gasteiger partial charge in [-0.15, -0.1) is 11.3 Å². The van der Waals surface area contributed by atoms with Crippen LogP contribution in [0.2, 0.25) is 0 Å². The molecule has 1 saturated heterocycles. The number of fused-ring (bicyclic) bond motifs is 5. The number of benzene rings is 2. The fourth-order valence-electron chi connectivity index (χ4n) is 5.78. The monoisotopic (exact) mass is 571 g/mol. The zero-order valence-corrected chi connectivity index (χ0v) is 23.8. The maximum Gasteiger partial charge on any atom is 0.273 e. The summed E-state index contributed by atoms with van der Waals surface area (Å²) in [6.07, 6.45) is 3.55. The lowest BCUT2D eigenvalue weighted by molar-refractivity contribution is -0.135. The van der Waals surface area contributed by atoms with Gasteiger partial charge in [0.25, 0.3) is 5.91 Å². The van der Waals surface area contributed by atoms with Crippen molar-refractivity contribution in [3.05, 3.63) is 81.9 Å². The van der Waals surface area contributed by atoms with Crippen LogP contribution in [-0.2, 0) is 16.0 Å². The van der Waals surface area contributed by atoms with Gasteiger partial charge in [0.05, 0.1) is 30.6 Å². The summed E-state index contributed by atoms with van der Waals surface area (Å²) in [4.78, 5) is 51.2. The number of amides is 3. The Morgan fingerprint density at radius 3 is 2.83 bits per heavy atom. The van der Waals surface area contributed by atoms with E-state index in [9.17, 15) is 14.4 Å². The average molecular weight is 572 g/mol. The molecule has 2 N–H and O–H groups in total. The molecule has 4 heterocycles. The zero-order valence-electron chi connectivity index (χ0n) is 23.0. The number of carbonyl (C=O) groups excluding carboxylic acids is 3. The Hall–Kier alpha value is -4.18. The maximum atomic E-state index is 13.5. The van der Waals surface area contributed by atoms with Crippen molar-refractivity contribution in [2.75, 3.05) is 32.8 Å². The van der Waals surface area contributed by atoms with Gasteiger partial charge in [0, 0.05) is 48.0 Å². The molecule has 0 unspecified atom stereocenters. The summed E-state index contributed by atoms with van der Waals surface area (Å²) in [7, 11) is 0. The van der Waals surface area contributed by atoms with Crippen molar-refractivity contribution in [2.45, 2.75) is 38.1 Å². The highest BCUT2D eigenvalue weighted by Gasteiger charge is 2.38. The van der Waals surface area contributed by atoms with Crippen LogP contribution in [0.5, 0.6) is 5.75 Å². The summed E-state index contributed by atoms with van der Waals surface area (Å²) in [5.74, 6) is 0.176. The van der Waals surface area contributed by atoms with Gasteiger partial charge in [0.1, 0.15) is 11.4 Å². The van der Waals surface area contributed by atoms with Gasteiger partial charge in [-0.05, 0) is 49.1 Å². The van der Waals surface area contributed by atoms with E-state index in [4.69, 9.17) is 4.74 Å². The first-order valence-corrected chi connectivity index (χ1v) is 14.9. The van der Waals surface area contributed by atoms with E-state index < -0.39 is 0 Å². The Bertz CT molecular complexity index is 1580. The minimum absolute atomic E-state index is 0.0372. The first-order valence-electron chi connectivity index (χ1n) is 14.0. The molecule has 0 radical (unpaired) electrons. The number of rotatable bonds is 3. The molecular weight excluding hydrogens is 538 g/mol. The Morgan fingerprint density at radius 1 is 1.10 bits per heavy atom. The number of aromatic nitrogens is 2. The molecule has 2 bridgehead atoms. The molecule has 212 valence electrons. The number of hydrogen-bond acceptors (Lipinski definition) is 6. The smallest absolute Gasteiger partial charge is 0.273 e. The molecule has 41 heavy (non-hydrogen) atoms. The predicted molar refractivity (Wildman–Crippen MR) is 157 cm³/mol. The first kappa shape index (κ1) is 27.0. The topological polar surface area (TPSA) is 108 Å². The van der Waals surface area contributed by atoms with Crippen LogP contribution >= 0.6 is 11.3 Å². The summed E-state index contributed by atoms with van der Waals surface area (Å²) < 4.78 is 6.05. The quantitative estimate of drug-likeness (QED) is 0.388. The minimum atomic E-state index is -0.310. The van der Waals surface area contributed by atoms with E-state index in [0.29, 0.717) is 38.4 Å². The number of nitrogens with zero attached hydrogens (tertiary/aromatic N) is 3. The molecule has 10 heteroatoms. The van der Waals surface area contributed by atoms with Gasteiger partial charge in [-0.25, -0.2) is 4.98 Å². The normalized spacial score (nSPS) is 19.8. The van der Waals surface area contributed by atoms with Crippen LogP contribution in [0.15, 0.2) is 60.1 Å². The molecule has 3 amide bonds. The fourth-order valence-corrected chi connectivity index (χ4v) is 6.36. The predicted octanol–water partition coefficient (Wildman–Crippen LogP) is 3.90. The van der Waals surface area contributed by atoms with Gasteiger partial charge >= 0.3 is 0 Å². The first-order chi connectivity index (χ1) is 19.9. The number of likely N-dealkylation sites (tertiary alicyclic amines) is 1. The molecule has 1 fully saturated rings. The molecule has 6 rings (SSSR count). The van der Waals surface area contributed by atoms with Crippen molar-refractivity contribution in [1.29, 1.82) is 0 Å². The molecule has 0 spiro atoms. The summed E-state index contributed by atoms with van der Waals surface area (Å²) in [6.45, 7) is 3.63. The number of thiazole rings is 1. The lowest BCUT2D eigenvalue weighted by atomic mass is 9.94. The number of H-pyrrole nitrogens is 1. The van der Waals surface area contributed by atoms with E-state index in [0.717, 1.165) is 39.2 Å². The molecule has 0 aliphatic carbocycles. The highest BCUT2D eigenvalue weighted by molar-refractivity contribution is 7.09. The van der Waals surface area contributed by atoms with Crippen LogP contribution in [-0.4, -0.2) is 76.3 Å². The lowest BCUT2D eigenvalue weighted by Crippen LogP contribution is -2.47. The lowest BCUT2D eigenvalue weighted by Gasteiger charge is -2.26. The zero-order chi connectivity index (χ0) is 28.3. The number of aryl methyl sites for hydroxylation is 1. The third-order valence-corrected chi connectivity index (χ3v) is 8.65. The second kappa shape index (κ2) is 11.7. The minimum Gasteiger partial charge on any atom is -0.494 e. The summed E-state index contributed by atoms with van der Waals surface area (Å²) in [5, 5.41) is 6.79. The Morgan fingerprint density at radius 2 is 1.98 bits per heavy atom. The third kappa shape index (κ3) is 5.97. The Balaban J connectivity index is 1.22. The summed E-state index contributed by atoms with van der Waals surface area (Å²) in [6, 6.07) is 15.5. The van der Waals surface area contributed by atoms with E-state index in [2.05, 4.69) is 15.3 Å². The van der Waals surface area contributed by atoms with E-state index >= 15 is 0 Å². The van der Waals surface area contributed by atoms with Crippen molar-refractivity contribution in [2.24, 2.45) is 0 Å². The van der Waals surface area contributed by atoms with Crippen molar-refractivity contribution in [1.82, 2.24) is 25.1 Å². The Labute approximate surface area is 242 Å². The van der Waals surface area contributed by atoms with Crippen LogP contribution in [0.25, 0.3) is 10.9 Å². The molecule has 4 aromatic rings. The SMILES string of the molecule is Cc1nc(C(=O)N2C[C@@H]3NC(=O)CN(C(=O)Cc4c[nH]c5ccccc45)CCCCOc4cccc(c4)[C@H]3C2)cs1. The standard InChI is InChI=1S/C31H33N5O4S/c1-20-33-28(19-41-20)31(39)36-16-25-21-7-6-8-23(13-21)40-12-5-4-11-35(18-29(37)34-27(25)17-36)30(38)14-22-15-32-26-10-3-2-9-24(22)26/h2-3,6-10,13,15,19,25,27,32H,4-5,11-12,14,16-18H2,1H3,(H,34,37)/t25-,27+/m1/s1. The van der Waals surface area contributed by atoms with Crippen LogP contribution < -0.4 is 10.1 Å². The van der Waals surface area contributed by atoms with Gasteiger partial charge < -0.3 is 24.8 Å². The van der Waals surface area contributed by atoms with Crippen molar-refractivity contribution in [3.63, 3.8) is 0 Å². The molecule has 2 aromatic carbocycles. The number of hydrogen-bond donors (Lipinski definition) is 2. The third-order valence-electron chi connectivity index (χ3n) is 7.87. The van der Waals surface area contributed by atoms with Crippen LogP contribution in [0.4, 0.5) is 0 Å². The molecule has 2 aliphatic heterocycles. The molecule has 2 atom stereocenters. The van der Waals surface area contributed by atoms with Gasteiger partial charge in [-0.3, -0.25) is 14.4 Å². The molecular formula is C31H33N5O4S. The van der Waals surface area contributed by atoms with E-state index in [1.165, 1.54) is 11.3 Å². The highest BCUT2D eigenvalue weighted by Crippen LogP contribution is 2.31. The molecule has 9 nitrogen and oxygen atoms in total. The highest BCUT2D eigenvalue weighted by atomic mass is 32.1. The second-order valence-electron chi connectivity index (χ2n) is 10.7. The Kier molecular flexibility index (Phi) is 7.74. The average Bonchev–Trinajstić information content (AvgIpc) is 3.70. The van der Waals surface area contributed by atoms with E-state index in [-0.39, 0.29) is 42.6 Å². The van der Waals surface area contributed by atoms with Crippen LogP contribution in [0.3, 0.4) is 0 Å². The molecule has 2 aliphatic rings. The van der Waals surface area contributed by atoms with E-state index in [1.54, 1.807) is 15.2 Å². The second-order valence-corrected chi connectivity index (χ2v) is 11.8. The number of para-hydroxylation sites is 1. The summed E-state index contributed by atoms with van der Waals surface area (Å²) in [5.41, 5.74) is 3.32. The maximum absolute atomic E-state index is 13.5. The van der Waals surface area contributed by atoms with Crippen LogP contribution in [0, 0.1) is 6.92 Å². The van der Waals surface area contributed by atoms with Gasteiger partial charge in [0.2, 0.25) is 11.8 Å². The molecule has 0 saturated carbocycles. The number of ether oxygens (including phenoxy) is 1. The number of carbonyl (C=O) groups is 3. The summed E-state index contributed by atoms with van der Waals surface area (Å²) >= 11 is 1.44. The van der Waals surface area contributed by atoms with Gasteiger partial charge in [-0.1, -0.05) is 30.3 Å². The van der Waals surface area contributed by atoms with E-state index in [1.807, 2.05) is 61.7 Å². The van der Waals surface area contributed by atoms with Crippen molar-refractivity contribution in [3.8, 4) is 5.75 Å². The van der Waals surface area contributed by atoms with Crippen LogP contribution in [0.1, 0.15) is 45.4 Å².